The third-order valence-electron chi connectivity index (χ3n) is 1.74. The number of hydrogen-bond acceptors (Lipinski definition) is 4. The monoisotopic (exact) mass is 273 g/mol. The van der Waals surface area contributed by atoms with E-state index in [1.165, 1.54) is 0 Å². The quantitative estimate of drug-likeness (QED) is 0.622. The van der Waals surface area contributed by atoms with Gasteiger partial charge < -0.3 is 9.47 Å². The van der Waals surface area contributed by atoms with Crippen LogP contribution in [-0.4, -0.2) is 24.7 Å². The molecule has 0 aromatic carbocycles. The Morgan fingerprint density at radius 3 is 2.87 bits per heavy atom. The molecule has 0 aliphatic heterocycles. The molecule has 0 spiro atoms. The maximum atomic E-state index is 11.3. The average molecular weight is 274 g/mol. The third kappa shape index (κ3) is 3.51. The summed E-state index contributed by atoms with van der Waals surface area (Å²) in [5.74, 6) is 0.285. The first-order valence-corrected chi connectivity index (χ1v) is 5.31. The molecule has 1 aromatic heterocycles. The number of ether oxygens (including phenoxy) is 2. The normalized spacial score (nSPS) is 9.80. The van der Waals surface area contributed by atoms with Gasteiger partial charge in [-0.15, -0.1) is 0 Å². The van der Waals surface area contributed by atoms with Crippen LogP contribution in [0.15, 0.2) is 16.7 Å². The molecule has 0 fully saturated rings. The molecule has 1 aromatic rings. The Hall–Kier alpha value is -1.10. The molecule has 0 aliphatic carbocycles. The molecule has 0 saturated heterocycles. The highest BCUT2D eigenvalue weighted by atomic mass is 79.9. The Morgan fingerprint density at radius 1 is 1.53 bits per heavy atom. The summed E-state index contributed by atoms with van der Waals surface area (Å²) in [6.07, 6.45) is 0.121. The lowest BCUT2D eigenvalue weighted by Gasteiger charge is -2.07. The second-order valence-electron chi connectivity index (χ2n) is 2.76. The Balaban J connectivity index is 2.82. The molecule has 1 rings (SSSR count). The highest BCUT2D eigenvalue weighted by Crippen LogP contribution is 2.19. The first kappa shape index (κ1) is 12.0. The molecular weight excluding hydrogens is 262 g/mol. The number of nitrogens with zero attached hydrogens (tertiary/aromatic N) is 1. The van der Waals surface area contributed by atoms with Crippen LogP contribution in [0.5, 0.6) is 5.75 Å². The summed E-state index contributed by atoms with van der Waals surface area (Å²) in [6.45, 7) is 2.14. The van der Waals surface area contributed by atoms with Gasteiger partial charge in [0.15, 0.2) is 0 Å². The zero-order valence-electron chi connectivity index (χ0n) is 8.62. The fraction of sp³-hybridized carbons (Fsp3) is 0.400. The summed E-state index contributed by atoms with van der Waals surface area (Å²) < 4.78 is 10.6. The van der Waals surface area contributed by atoms with E-state index in [4.69, 9.17) is 9.47 Å². The summed E-state index contributed by atoms with van der Waals surface area (Å²) in [5, 5.41) is 0. The van der Waals surface area contributed by atoms with Gasteiger partial charge in [0.05, 0.1) is 25.8 Å². The third-order valence-corrected chi connectivity index (χ3v) is 2.18. The lowest BCUT2D eigenvalue weighted by molar-refractivity contribution is -0.142. The van der Waals surface area contributed by atoms with Crippen LogP contribution in [-0.2, 0) is 16.0 Å². The molecule has 0 unspecified atom stereocenters. The van der Waals surface area contributed by atoms with E-state index in [2.05, 4.69) is 20.9 Å². The second-order valence-corrected chi connectivity index (χ2v) is 3.58. The smallest absolute Gasteiger partial charge is 0.312 e. The first-order chi connectivity index (χ1) is 7.17. The zero-order chi connectivity index (χ0) is 11.3. The van der Waals surface area contributed by atoms with Crippen LogP contribution in [0.3, 0.4) is 0 Å². The number of esters is 1. The summed E-state index contributed by atoms with van der Waals surface area (Å²) >= 11 is 3.24. The zero-order valence-corrected chi connectivity index (χ0v) is 10.2. The highest BCUT2D eigenvalue weighted by Gasteiger charge is 2.11. The van der Waals surface area contributed by atoms with Crippen molar-refractivity contribution in [2.24, 2.45) is 0 Å². The molecule has 0 amide bonds. The van der Waals surface area contributed by atoms with Crippen LogP contribution >= 0.6 is 15.9 Å². The molecule has 0 saturated carbocycles. The Kier molecular flexibility index (Phi) is 4.55. The van der Waals surface area contributed by atoms with Crippen molar-refractivity contribution in [2.75, 3.05) is 13.7 Å². The van der Waals surface area contributed by atoms with Gasteiger partial charge in [-0.1, -0.05) is 0 Å². The van der Waals surface area contributed by atoms with E-state index in [0.29, 0.717) is 22.7 Å². The van der Waals surface area contributed by atoms with Crippen molar-refractivity contribution in [2.45, 2.75) is 13.3 Å². The maximum absolute atomic E-state index is 11.3. The van der Waals surface area contributed by atoms with Crippen molar-refractivity contribution in [3.8, 4) is 5.75 Å². The summed E-state index contributed by atoms with van der Waals surface area (Å²) in [7, 11) is 1.54. The lowest BCUT2D eigenvalue weighted by Crippen LogP contribution is -2.10. The van der Waals surface area contributed by atoms with Gasteiger partial charge in [-0.25, -0.2) is 4.98 Å². The standard InChI is InChI=1S/C10H12BrNO3/c1-3-15-10(13)6-7-8(14-2)4-5-9(11)12-7/h4-5H,3,6H2,1-2H3. The number of carbonyl (C=O) groups is 1. The maximum Gasteiger partial charge on any atom is 0.312 e. The Labute approximate surface area is 96.7 Å². The molecule has 82 valence electrons. The number of hydrogen-bond donors (Lipinski definition) is 0. The van der Waals surface area contributed by atoms with E-state index in [1.54, 1.807) is 26.2 Å². The molecule has 0 aliphatic rings. The van der Waals surface area contributed by atoms with Gasteiger partial charge in [0.1, 0.15) is 10.4 Å². The number of aromatic nitrogens is 1. The Morgan fingerprint density at radius 2 is 2.27 bits per heavy atom. The molecule has 1 heterocycles. The topological polar surface area (TPSA) is 48.4 Å². The van der Waals surface area contributed by atoms with Crippen LogP contribution < -0.4 is 4.74 Å². The molecular formula is C10H12BrNO3. The fourth-order valence-corrected chi connectivity index (χ4v) is 1.47. The summed E-state index contributed by atoms with van der Waals surface area (Å²) in [6, 6.07) is 3.51. The molecule has 5 heteroatoms. The summed E-state index contributed by atoms with van der Waals surface area (Å²) in [5.41, 5.74) is 0.574. The van der Waals surface area contributed by atoms with Crippen molar-refractivity contribution >= 4 is 21.9 Å². The van der Waals surface area contributed by atoms with Gasteiger partial charge in [-0.3, -0.25) is 4.79 Å². The summed E-state index contributed by atoms with van der Waals surface area (Å²) in [4.78, 5) is 15.4. The van der Waals surface area contributed by atoms with Crippen molar-refractivity contribution < 1.29 is 14.3 Å². The van der Waals surface area contributed by atoms with Gasteiger partial charge in [0.25, 0.3) is 0 Å². The van der Waals surface area contributed by atoms with Crippen LogP contribution in [0.4, 0.5) is 0 Å². The molecule has 4 nitrogen and oxygen atoms in total. The van der Waals surface area contributed by atoms with Crippen molar-refractivity contribution in [1.29, 1.82) is 0 Å². The van der Waals surface area contributed by atoms with Crippen LogP contribution in [0.2, 0.25) is 0 Å². The van der Waals surface area contributed by atoms with Crippen LogP contribution in [0.1, 0.15) is 12.6 Å². The van der Waals surface area contributed by atoms with Gasteiger partial charge in [0.2, 0.25) is 0 Å². The minimum Gasteiger partial charge on any atom is -0.495 e. The highest BCUT2D eigenvalue weighted by molar-refractivity contribution is 9.10. The van der Waals surface area contributed by atoms with Crippen LogP contribution in [0.25, 0.3) is 0 Å². The first-order valence-electron chi connectivity index (χ1n) is 4.52. The number of halogens is 1. The fourth-order valence-electron chi connectivity index (χ4n) is 1.12. The predicted octanol–water partition coefficient (Wildman–Crippen LogP) is 1.96. The van der Waals surface area contributed by atoms with Crippen molar-refractivity contribution in [3.63, 3.8) is 0 Å². The minimum absolute atomic E-state index is 0.121. The molecule has 0 radical (unpaired) electrons. The molecule has 0 atom stereocenters. The van der Waals surface area contributed by atoms with E-state index in [9.17, 15) is 4.79 Å². The molecule has 0 bridgehead atoms. The van der Waals surface area contributed by atoms with Crippen LogP contribution in [0, 0.1) is 0 Å². The van der Waals surface area contributed by atoms with Crippen molar-refractivity contribution in [1.82, 2.24) is 4.98 Å². The number of pyridine rings is 1. The largest absolute Gasteiger partial charge is 0.495 e. The van der Waals surface area contributed by atoms with Gasteiger partial charge in [-0.2, -0.15) is 0 Å². The number of carbonyl (C=O) groups excluding carboxylic acids is 1. The molecule has 15 heavy (non-hydrogen) atoms. The minimum atomic E-state index is -0.304. The van der Waals surface area contributed by atoms with Gasteiger partial charge in [0, 0.05) is 0 Å². The SMILES string of the molecule is CCOC(=O)Cc1nc(Br)ccc1OC. The van der Waals surface area contributed by atoms with Gasteiger partial charge >= 0.3 is 5.97 Å². The van der Waals surface area contributed by atoms with E-state index in [1.807, 2.05) is 0 Å². The Bertz CT molecular complexity index is 355. The average Bonchev–Trinajstić information content (AvgIpc) is 2.18. The molecule has 0 N–H and O–H groups in total. The van der Waals surface area contributed by atoms with E-state index in [-0.39, 0.29) is 12.4 Å². The number of methoxy groups -OCH3 is 1. The van der Waals surface area contributed by atoms with Crippen molar-refractivity contribution in [3.05, 3.63) is 22.4 Å². The lowest BCUT2D eigenvalue weighted by atomic mass is 10.2. The number of rotatable bonds is 4. The predicted molar refractivity (Wildman–Crippen MR) is 58.8 cm³/mol. The van der Waals surface area contributed by atoms with Gasteiger partial charge in [-0.05, 0) is 35.0 Å². The second kappa shape index (κ2) is 5.70. The van der Waals surface area contributed by atoms with E-state index < -0.39 is 0 Å². The van der Waals surface area contributed by atoms with E-state index in [0.717, 1.165) is 0 Å². The van der Waals surface area contributed by atoms with E-state index >= 15 is 0 Å².